The Hall–Kier alpha value is -1.02. The molecule has 0 unspecified atom stereocenters. The Morgan fingerprint density at radius 3 is 2.50 bits per heavy atom. The van der Waals surface area contributed by atoms with E-state index in [9.17, 15) is 0 Å². The summed E-state index contributed by atoms with van der Waals surface area (Å²) in [7, 11) is 2.18. The monoisotopic (exact) mass is 246 g/mol. The maximum absolute atomic E-state index is 3.67. The van der Waals surface area contributed by atoms with Crippen molar-refractivity contribution in [3.8, 4) is 0 Å². The second-order valence-corrected chi connectivity index (χ2v) is 5.55. The summed E-state index contributed by atoms with van der Waals surface area (Å²) in [6.07, 6.45) is 6.82. The summed E-state index contributed by atoms with van der Waals surface area (Å²) in [6, 6.07) is 9.58. The molecule has 0 bridgehead atoms. The largest absolute Gasteiger partial charge is 0.375 e. The summed E-state index contributed by atoms with van der Waals surface area (Å²) >= 11 is 0. The van der Waals surface area contributed by atoms with Crippen LogP contribution in [0.1, 0.15) is 37.7 Å². The molecular formula is C16H26N2. The van der Waals surface area contributed by atoms with E-state index in [1.807, 2.05) is 0 Å². The number of rotatable bonds is 6. The van der Waals surface area contributed by atoms with Gasteiger partial charge in [-0.2, -0.15) is 0 Å². The Morgan fingerprint density at radius 1 is 1.17 bits per heavy atom. The van der Waals surface area contributed by atoms with Gasteiger partial charge in [0.05, 0.1) is 0 Å². The highest BCUT2D eigenvalue weighted by atomic mass is 15.1. The molecule has 0 saturated heterocycles. The molecule has 0 heterocycles. The Balaban J connectivity index is 1.64. The quantitative estimate of drug-likeness (QED) is 0.774. The minimum absolute atomic E-state index is 0.801. The van der Waals surface area contributed by atoms with Crippen molar-refractivity contribution in [3.63, 3.8) is 0 Å². The van der Waals surface area contributed by atoms with Crippen LogP contribution in [0.4, 0.5) is 5.69 Å². The van der Waals surface area contributed by atoms with Gasteiger partial charge in [-0.05, 0) is 44.9 Å². The van der Waals surface area contributed by atoms with E-state index in [1.165, 1.54) is 43.4 Å². The van der Waals surface area contributed by atoms with Crippen molar-refractivity contribution in [1.82, 2.24) is 5.32 Å². The average Bonchev–Trinajstić information content (AvgIpc) is 2.88. The maximum Gasteiger partial charge on any atom is 0.0363 e. The summed E-state index contributed by atoms with van der Waals surface area (Å²) < 4.78 is 0. The van der Waals surface area contributed by atoms with Gasteiger partial charge in [0.1, 0.15) is 0 Å². The summed E-state index contributed by atoms with van der Waals surface area (Å²) in [5, 5.41) is 3.67. The van der Waals surface area contributed by atoms with E-state index in [-0.39, 0.29) is 0 Å². The van der Waals surface area contributed by atoms with Gasteiger partial charge >= 0.3 is 0 Å². The van der Waals surface area contributed by atoms with Crippen molar-refractivity contribution >= 4 is 5.69 Å². The molecule has 1 fully saturated rings. The number of benzene rings is 1. The van der Waals surface area contributed by atoms with Crippen LogP contribution in [0.5, 0.6) is 0 Å². The molecule has 2 nitrogen and oxygen atoms in total. The van der Waals surface area contributed by atoms with Gasteiger partial charge in [-0.15, -0.1) is 0 Å². The fourth-order valence-corrected chi connectivity index (χ4v) is 2.68. The van der Waals surface area contributed by atoms with Crippen molar-refractivity contribution in [2.75, 3.05) is 25.0 Å². The molecule has 0 aliphatic heterocycles. The highest BCUT2D eigenvalue weighted by Crippen LogP contribution is 2.17. The fourth-order valence-electron chi connectivity index (χ4n) is 2.68. The smallest absolute Gasteiger partial charge is 0.0363 e. The summed E-state index contributed by atoms with van der Waals surface area (Å²) in [5.41, 5.74) is 2.65. The van der Waals surface area contributed by atoms with Crippen LogP contribution < -0.4 is 10.2 Å². The molecule has 1 saturated carbocycles. The van der Waals surface area contributed by atoms with E-state index in [1.54, 1.807) is 0 Å². The third-order valence-electron chi connectivity index (χ3n) is 3.93. The summed E-state index contributed by atoms with van der Waals surface area (Å²) in [6.45, 7) is 4.42. The van der Waals surface area contributed by atoms with Crippen LogP contribution in [0.15, 0.2) is 24.3 Å². The number of hydrogen-bond acceptors (Lipinski definition) is 2. The molecule has 0 atom stereocenters. The molecule has 1 aromatic rings. The normalized spacial score (nSPS) is 16.1. The van der Waals surface area contributed by atoms with Gasteiger partial charge in [0, 0.05) is 25.3 Å². The topological polar surface area (TPSA) is 15.3 Å². The van der Waals surface area contributed by atoms with Crippen molar-refractivity contribution in [2.24, 2.45) is 0 Å². The van der Waals surface area contributed by atoms with Gasteiger partial charge in [0.2, 0.25) is 0 Å². The van der Waals surface area contributed by atoms with Gasteiger partial charge in [-0.1, -0.05) is 30.5 Å². The molecule has 1 N–H and O–H groups in total. The van der Waals surface area contributed by atoms with E-state index in [0.717, 1.165) is 19.1 Å². The Kier molecular flexibility index (Phi) is 5.06. The van der Waals surface area contributed by atoms with Gasteiger partial charge in [-0.3, -0.25) is 0 Å². The fraction of sp³-hybridized carbons (Fsp3) is 0.625. The van der Waals surface area contributed by atoms with Crippen molar-refractivity contribution in [3.05, 3.63) is 29.8 Å². The van der Waals surface area contributed by atoms with Crippen molar-refractivity contribution in [2.45, 2.75) is 45.1 Å². The molecule has 0 spiro atoms. The second kappa shape index (κ2) is 6.79. The molecule has 2 heteroatoms. The Bertz CT molecular complexity index is 339. The number of nitrogens with zero attached hydrogens (tertiary/aromatic N) is 1. The van der Waals surface area contributed by atoms with Crippen LogP contribution in [0.25, 0.3) is 0 Å². The van der Waals surface area contributed by atoms with Crippen LogP contribution in [0, 0.1) is 6.92 Å². The van der Waals surface area contributed by atoms with Crippen LogP contribution >= 0.6 is 0 Å². The van der Waals surface area contributed by atoms with Crippen molar-refractivity contribution in [1.29, 1.82) is 0 Å². The third-order valence-corrected chi connectivity index (χ3v) is 3.93. The molecule has 1 aromatic carbocycles. The van der Waals surface area contributed by atoms with E-state index >= 15 is 0 Å². The minimum atomic E-state index is 0.801. The molecule has 18 heavy (non-hydrogen) atoms. The summed E-state index contributed by atoms with van der Waals surface area (Å²) in [5.74, 6) is 0. The predicted octanol–water partition coefficient (Wildman–Crippen LogP) is 3.35. The highest BCUT2D eigenvalue weighted by molar-refractivity contribution is 5.46. The first-order chi connectivity index (χ1) is 8.75. The van der Waals surface area contributed by atoms with Gasteiger partial charge in [0.15, 0.2) is 0 Å². The lowest BCUT2D eigenvalue weighted by atomic mass is 10.2. The van der Waals surface area contributed by atoms with Crippen LogP contribution in [-0.2, 0) is 0 Å². The molecule has 2 rings (SSSR count). The SMILES string of the molecule is Cc1ccc(N(C)CCCNC2CCCC2)cc1. The first-order valence-electron chi connectivity index (χ1n) is 7.27. The van der Waals surface area contributed by atoms with E-state index < -0.39 is 0 Å². The molecule has 0 aromatic heterocycles. The number of nitrogens with one attached hydrogen (secondary N) is 1. The van der Waals surface area contributed by atoms with Gasteiger partial charge < -0.3 is 10.2 Å². The van der Waals surface area contributed by atoms with Crippen LogP contribution in [0.2, 0.25) is 0 Å². The second-order valence-electron chi connectivity index (χ2n) is 5.55. The van der Waals surface area contributed by atoms with Crippen molar-refractivity contribution < 1.29 is 0 Å². The first kappa shape index (κ1) is 13.4. The zero-order valence-corrected chi connectivity index (χ0v) is 11.8. The first-order valence-corrected chi connectivity index (χ1v) is 7.27. The Morgan fingerprint density at radius 2 is 1.83 bits per heavy atom. The standard InChI is InChI=1S/C16H26N2/c1-14-8-10-16(11-9-14)18(2)13-5-12-17-15-6-3-4-7-15/h8-11,15,17H,3-7,12-13H2,1-2H3. The minimum Gasteiger partial charge on any atom is -0.375 e. The predicted molar refractivity (Wildman–Crippen MR) is 79.3 cm³/mol. The lowest BCUT2D eigenvalue weighted by molar-refractivity contribution is 0.515. The summed E-state index contributed by atoms with van der Waals surface area (Å²) in [4.78, 5) is 2.34. The number of hydrogen-bond donors (Lipinski definition) is 1. The maximum atomic E-state index is 3.67. The van der Waals surface area contributed by atoms with Crippen LogP contribution in [-0.4, -0.2) is 26.2 Å². The number of aryl methyl sites for hydroxylation is 1. The van der Waals surface area contributed by atoms with E-state index in [0.29, 0.717) is 0 Å². The lowest BCUT2D eigenvalue weighted by Gasteiger charge is -2.20. The third kappa shape index (κ3) is 4.02. The molecular weight excluding hydrogens is 220 g/mol. The van der Waals surface area contributed by atoms with Crippen LogP contribution in [0.3, 0.4) is 0 Å². The zero-order valence-electron chi connectivity index (χ0n) is 11.8. The average molecular weight is 246 g/mol. The van der Waals surface area contributed by atoms with E-state index in [2.05, 4.69) is 48.5 Å². The molecule has 0 radical (unpaired) electrons. The van der Waals surface area contributed by atoms with Gasteiger partial charge in [-0.25, -0.2) is 0 Å². The molecule has 1 aliphatic carbocycles. The molecule has 0 amide bonds. The van der Waals surface area contributed by atoms with E-state index in [4.69, 9.17) is 0 Å². The Labute approximate surface area is 111 Å². The zero-order chi connectivity index (χ0) is 12.8. The molecule has 100 valence electrons. The van der Waals surface area contributed by atoms with Gasteiger partial charge in [0.25, 0.3) is 0 Å². The lowest BCUT2D eigenvalue weighted by Crippen LogP contribution is -2.29. The molecule has 1 aliphatic rings. The number of anilines is 1. The highest BCUT2D eigenvalue weighted by Gasteiger charge is 2.13.